The smallest absolute Gasteiger partial charge is 0.328 e. The van der Waals surface area contributed by atoms with Gasteiger partial charge >= 0.3 is 23.9 Å². The van der Waals surface area contributed by atoms with E-state index in [2.05, 4.69) is 16.0 Å². The standard InChI is InChI=1S/C44H55N3O11/c1-31(20-25-39(50)55-28-32-14-8-5-9-15-32)45-37(48)23-21-35(46-38(49)24-27-41(52)58-44(2,3)4)42(53)47-36(43(54)57-30-34-18-12-7-13-19-34)22-26-40(51)56-29-33-16-10-6-11-17-33/h5-19,31,35-36H,20-30H2,1-4H3,(H,45,48)(H,46,49)(H,47,53). The quantitative estimate of drug-likeness (QED) is 0.0849. The molecule has 0 aromatic heterocycles. The fraction of sp³-hybridized carbons (Fsp3) is 0.432. The molecule has 312 valence electrons. The van der Waals surface area contributed by atoms with Gasteiger partial charge in [-0.25, -0.2) is 4.79 Å². The minimum Gasteiger partial charge on any atom is -0.461 e. The van der Waals surface area contributed by atoms with Gasteiger partial charge in [-0.15, -0.1) is 0 Å². The SMILES string of the molecule is CC(CCC(=O)OCc1ccccc1)NC(=O)CCC(NC(=O)CCC(=O)OC(C)(C)C)C(=O)NC(CCC(=O)OCc1ccccc1)C(=O)OCc1ccccc1. The van der Waals surface area contributed by atoms with Crippen molar-refractivity contribution >= 4 is 41.6 Å². The zero-order chi connectivity index (χ0) is 42.3. The third-order valence-electron chi connectivity index (χ3n) is 8.42. The van der Waals surface area contributed by atoms with E-state index >= 15 is 0 Å². The Bertz CT molecular complexity index is 1780. The van der Waals surface area contributed by atoms with E-state index in [-0.39, 0.29) is 64.8 Å². The van der Waals surface area contributed by atoms with Gasteiger partial charge in [0.1, 0.15) is 37.5 Å². The highest BCUT2D eigenvalue weighted by atomic mass is 16.6. The number of carbonyl (C=O) groups is 7. The van der Waals surface area contributed by atoms with E-state index in [1.807, 2.05) is 42.5 Å². The molecule has 14 nitrogen and oxygen atoms in total. The summed E-state index contributed by atoms with van der Waals surface area (Å²) >= 11 is 0. The van der Waals surface area contributed by atoms with Crippen molar-refractivity contribution in [2.45, 2.75) is 123 Å². The highest BCUT2D eigenvalue weighted by molar-refractivity contribution is 5.92. The molecule has 0 radical (unpaired) electrons. The van der Waals surface area contributed by atoms with Crippen molar-refractivity contribution in [3.8, 4) is 0 Å². The van der Waals surface area contributed by atoms with Crippen LogP contribution in [0.3, 0.4) is 0 Å². The molecule has 0 aliphatic heterocycles. The van der Waals surface area contributed by atoms with Crippen LogP contribution in [0.5, 0.6) is 0 Å². The Morgan fingerprint density at radius 2 is 0.948 bits per heavy atom. The summed E-state index contributed by atoms with van der Waals surface area (Å²) in [6.07, 6.45) is -1.04. The number of benzene rings is 3. The second-order valence-corrected chi connectivity index (χ2v) is 14.7. The molecule has 3 aromatic rings. The number of esters is 4. The van der Waals surface area contributed by atoms with Gasteiger partial charge < -0.3 is 34.9 Å². The summed E-state index contributed by atoms with van der Waals surface area (Å²) in [6.45, 7) is 6.86. The van der Waals surface area contributed by atoms with E-state index in [9.17, 15) is 33.6 Å². The molecule has 3 rings (SSSR count). The van der Waals surface area contributed by atoms with Crippen molar-refractivity contribution in [1.29, 1.82) is 0 Å². The van der Waals surface area contributed by atoms with Crippen molar-refractivity contribution in [3.63, 3.8) is 0 Å². The molecule has 0 aliphatic rings. The van der Waals surface area contributed by atoms with Gasteiger partial charge in [0.05, 0.1) is 6.42 Å². The second-order valence-electron chi connectivity index (χ2n) is 14.7. The molecule has 3 N–H and O–H groups in total. The Balaban J connectivity index is 1.65. The third-order valence-corrected chi connectivity index (χ3v) is 8.42. The third kappa shape index (κ3) is 19.7. The highest BCUT2D eigenvalue weighted by Gasteiger charge is 2.29. The summed E-state index contributed by atoms with van der Waals surface area (Å²) in [5, 5.41) is 7.96. The van der Waals surface area contributed by atoms with E-state index in [4.69, 9.17) is 18.9 Å². The molecule has 3 amide bonds. The van der Waals surface area contributed by atoms with Crippen LogP contribution in [0.2, 0.25) is 0 Å². The molecular weight excluding hydrogens is 746 g/mol. The first-order valence-electron chi connectivity index (χ1n) is 19.4. The molecule has 0 saturated carbocycles. The molecule has 0 spiro atoms. The van der Waals surface area contributed by atoms with Crippen molar-refractivity contribution in [2.24, 2.45) is 0 Å². The molecule has 14 heteroatoms. The number of hydrogen-bond donors (Lipinski definition) is 3. The van der Waals surface area contributed by atoms with Gasteiger partial charge in [0.15, 0.2) is 0 Å². The minimum atomic E-state index is -1.32. The Morgan fingerprint density at radius 3 is 1.45 bits per heavy atom. The van der Waals surface area contributed by atoms with Crippen molar-refractivity contribution in [2.75, 3.05) is 0 Å². The lowest BCUT2D eigenvalue weighted by atomic mass is 10.1. The average molecular weight is 802 g/mol. The van der Waals surface area contributed by atoms with E-state index < -0.39 is 65.3 Å². The van der Waals surface area contributed by atoms with Crippen LogP contribution in [-0.4, -0.2) is 65.3 Å². The average Bonchev–Trinajstić information content (AvgIpc) is 3.20. The molecule has 0 heterocycles. The Hall–Kier alpha value is -6.05. The van der Waals surface area contributed by atoms with Gasteiger partial charge in [0, 0.05) is 31.7 Å². The largest absolute Gasteiger partial charge is 0.461 e. The van der Waals surface area contributed by atoms with Crippen LogP contribution < -0.4 is 16.0 Å². The number of nitrogens with one attached hydrogen (secondary N) is 3. The first-order chi connectivity index (χ1) is 27.7. The van der Waals surface area contributed by atoms with Crippen molar-refractivity contribution in [1.82, 2.24) is 16.0 Å². The van der Waals surface area contributed by atoms with Crippen LogP contribution in [0, 0.1) is 0 Å². The zero-order valence-electron chi connectivity index (χ0n) is 33.7. The first-order valence-corrected chi connectivity index (χ1v) is 19.4. The maximum atomic E-state index is 13.8. The predicted octanol–water partition coefficient (Wildman–Crippen LogP) is 5.15. The monoisotopic (exact) mass is 801 g/mol. The Kier molecular flexibility index (Phi) is 19.6. The Labute approximate surface area is 339 Å². The lowest BCUT2D eigenvalue weighted by Crippen LogP contribution is -2.52. The molecule has 3 atom stereocenters. The topological polar surface area (TPSA) is 192 Å². The van der Waals surface area contributed by atoms with E-state index in [0.29, 0.717) is 12.0 Å². The fourth-order valence-electron chi connectivity index (χ4n) is 5.41. The van der Waals surface area contributed by atoms with E-state index in [0.717, 1.165) is 11.1 Å². The number of carbonyl (C=O) groups excluding carboxylic acids is 7. The van der Waals surface area contributed by atoms with Crippen LogP contribution in [0.25, 0.3) is 0 Å². The number of amides is 3. The van der Waals surface area contributed by atoms with Crippen LogP contribution in [0.1, 0.15) is 95.8 Å². The zero-order valence-corrected chi connectivity index (χ0v) is 33.7. The molecule has 58 heavy (non-hydrogen) atoms. The summed E-state index contributed by atoms with van der Waals surface area (Å²) in [6, 6.07) is 24.1. The van der Waals surface area contributed by atoms with Gasteiger partial charge in [0.2, 0.25) is 17.7 Å². The molecule has 0 aliphatic carbocycles. The molecule has 3 aromatic carbocycles. The lowest BCUT2D eigenvalue weighted by Gasteiger charge is -2.23. The maximum absolute atomic E-state index is 13.8. The van der Waals surface area contributed by atoms with Gasteiger partial charge in [-0.3, -0.25) is 28.8 Å². The molecule has 0 bridgehead atoms. The van der Waals surface area contributed by atoms with Crippen LogP contribution >= 0.6 is 0 Å². The summed E-state index contributed by atoms with van der Waals surface area (Å²) < 4.78 is 21.4. The number of hydrogen-bond acceptors (Lipinski definition) is 11. The summed E-state index contributed by atoms with van der Waals surface area (Å²) in [5.74, 6) is -4.39. The second kappa shape index (κ2) is 24.6. The molecule has 3 unspecified atom stereocenters. The van der Waals surface area contributed by atoms with Crippen LogP contribution in [0.15, 0.2) is 91.0 Å². The predicted molar refractivity (Wildman–Crippen MR) is 213 cm³/mol. The number of rotatable bonds is 23. The van der Waals surface area contributed by atoms with Crippen LogP contribution in [0.4, 0.5) is 0 Å². The first kappa shape index (κ1) is 46.3. The van der Waals surface area contributed by atoms with Crippen molar-refractivity contribution in [3.05, 3.63) is 108 Å². The maximum Gasteiger partial charge on any atom is 0.328 e. The van der Waals surface area contributed by atoms with Crippen LogP contribution in [-0.2, 0) is 72.3 Å². The Morgan fingerprint density at radius 1 is 0.500 bits per heavy atom. The summed E-state index contributed by atoms with van der Waals surface area (Å²) in [5.41, 5.74) is 1.56. The lowest BCUT2D eigenvalue weighted by molar-refractivity contribution is -0.156. The molecule has 0 saturated heterocycles. The fourth-order valence-corrected chi connectivity index (χ4v) is 5.41. The molecular formula is C44H55N3O11. The number of ether oxygens (including phenoxy) is 4. The molecule has 0 fully saturated rings. The van der Waals surface area contributed by atoms with E-state index in [1.54, 1.807) is 76.2 Å². The van der Waals surface area contributed by atoms with Gasteiger partial charge in [-0.05, 0) is 63.6 Å². The minimum absolute atomic E-state index is 0.0194. The normalized spacial score (nSPS) is 12.5. The summed E-state index contributed by atoms with van der Waals surface area (Å²) in [4.78, 5) is 90.5. The van der Waals surface area contributed by atoms with Gasteiger partial charge in [-0.1, -0.05) is 91.0 Å². The van der Waals surface area contributed by atoms with Gasteiger partial charge in [0.25, 0.3) is 0 Å². The van der Waals surface area contributed by atoms with Crippen molar-refractivity contribution < 1.29 is 52.5 Å². The van der Waals surface area contributed by atoms with Gasteiger partial charge in [-0.2, -0.15) is 0 Å². The van der Waals surface area contributed by atoms with E-state index in [1.165, 1.54) is 0 Å². The highest BCUT2D eigenvalue weighted by Crippen LogP contribution is 2.12. The summed E-state index contributed by atoms with van der Waals surface area (Å²) in [7, 11) is 0.